The van der Waals surface area contributed by atoms with Crippen LogP contribution >= 0.6 is 34.2 Å². The largest absolute Gasteiger partial charge is 0.249 e. The highest BCUT2D eigenvalue weighted by Gasteiger charge is 2.15. The van der Waals surface area contributed by atoms with Crippen LogP contribution in [-0.4, -0.2) is 9.36 Å². The Morgan fingerprint density at radius 2 is 1.18 bits per heavy atom. The fraction of sp³-hybridized carbons (Fsp3) is 0.643. The van der Waals surface area contributed by atoms with Crippen molar-refractivity contribution in [2.75, 3.05) is 0 Å². The van der Waals surface area contributed by atoms with Crippen LogP contribution in [-0.2, 0) is 16.2 Å². The summed E-state index contributed by atoms with van der Waals surface area (Å²) >= 11 is 4.13. The highest BCUT2D eigenvalue weighted by Crippen LogP contribution is 2.24. The van der Waals surface area contributed by atoms with Gasteiger partial charge in [0.05, 0.1) is 15.3 Å². The van der Waals surface area contributed by atoms with Crippen LogP contribution in [0.25, 0.3) is 0 Å². The predicted octanol–water partition coefficient (Wildman–Crippen LogP) is 11.0. The molecule has 0 unspecified atom stereocenters. The number of hydrogen-bond acceptors (Lipinski definition) is 5. The maximum atomic E-state index is 7.52. The molecule has 0 spiro atoms. The van der Waals surface area contributed by atoms with Crippen LogP contribution in [0.15, 0.2) is 39.2 Å². The predicted molar refractivity (Wildman–Crippen MR) is 159 cm³/mol. The summed E-state index contributed by atoms with van der Waals surface area (Å²) in [5.74, 6) is 0. The molecule has 0 saturated heterocycles. The minimum absolute atomic E-state index is 0.0249. The minimum atomic E-state index is 0.0249. The minimum Gasteiger partial charge on any atom is -0.249 e. The lowest BCUT2D eigenvalue weighted by Crippen LogP contribution is -2.10. The summed E-state index contributed by atoms with van der Waals surface area (Å²) in [6.45, 7) is 30.9. The van der Waals surface area contributed by atoms with Crippen molar-refractivity contribution in [2.45, 2.75) is 120 Å². The first-order valence-corrected chi connectivity index (χ1v) is 14.4. The van der Waals surface area contributed by atoms with Gasteiger partial charge in [0.25, 0.3) is 0 Å². The van der Waals surface area contributed by atoms with Gasteiger partial charge in [0.2, 0.25) is 0 Å². The molecule has 2 nitrogen and oxygen atoms in total. The molecule has 0 aromatic carbocycles. The molecule has 0 aliphatic carbocycles. The third kappa shape index (κ3) is 18.0. The van der Waals surface area contributed by atoms with Gasteiger partial charge in [-0.15, -0.1) is 11.3 Å². The average molecular weight is 516 g/mol. The van der Waals surface area contributed by atoms with Crippen molar-refractivity contribution in [1.29, 1.82) is 0 Å². The van der Waals surface area contributed by atoms with Crippen LogP contribution in [0.3, 0.4) is 0 Å². The molecular weight excluding hydrogens is 461 g/mol. The third-order valence-corrected chi connectivity index (χ3v) is 5.23. The monoisotopic (exact) mass is 515 g/mol. The molecular formula is C28H52N2S3. The van der Waals surface area contributed by atoms with Crippen LogP contribution in [0.2, 0.25) is 0 Å². The molecule has 0 bridgehead atoms. The highest BCUT2D eigenvalue weighted by atomic mass is 32.1. The maximum absolute atomic E-state index is 7.52. The van der Waals surface area contributed by atoms with Crippen molar-refractivity contribution < 1.29 is 4.11 Å². The van der Waals surface area contributed by atoms with E-state index in [9.17, 15) is 0 Å². The van der Waals surface area contributed by atoms with Crippen molar-refractivity contribution in [3.8, 4) is 0 Å². The zero-order valence-electron chi connectivity index (χ0n) is 26.9. The summed E-state index contributed by atoms with van der Waals surface area (Å²) < 4.78 is 26.4. The van der Waals surface area contributed by atoms with E-state index in [1.54, 1.807) is 11.7 Å². The molecule has 3 rings (SSSR count). The first-order chi connectivity index (χ1) is 16.5. The Morgan fingerprint density at radius 3 is 1.36 bits per heavy atom. The average Bonchev–Trinajstić information content (AvgIpc) is 3.53. The van der Waals surface area contributed by atoms with Gasteiger partial charge in [-0.3, -0.25) is 0 Å². The van der Waals surface area contributed by atoms with E-state index < -0.39 is 0 Å². The Bertz CT molecular complexity index is 790. The molecule has 192 valence electrons. The summed E-state index contributed by atoms with van der Waals surface area (Å²) in [6.07, 6.45) is 1.78. The molecule has 3 heterocycles. The lowest BCUT2D eigenvalue weighted by molar-refractivity contribution is 0.573. The first kappa shape index (κ1) is 30.0. The van der Waals surface area contributed by atoms with Crippen molar-refractivity contribution in [3.63, 3.8) is 0 Å². The topological polar surface area (TPSA) is 25.8 Å². The van der Waals surface area contributed by atoms with Crippen LogP contribution in [0.4, 0.5) is 0 Å². The summed E-state index contributed by atoms with van der Waals surface area (Å²) in [5, 5.41) is 3.86. The molecule has 0 saturated carbocycles. The molecule has 3 aromatic heterocycles. The van der Waals surface area contributed by atoms with Crippen molar-refractivity contribution in [1.82, 2.24) is 9.36 Å². The van der Waals surface area contributed by atoms with Gasteiger partial charge >= 0.3 is 0 Å². The van der Waals surface area contributed by atoms with E-state index in [0.717, 1.165) is 16.8 Å². The Labute approximate surface area is 223 Å². The first-order valence-electron chi connectivity index (χ1n) is 13.4. The van der Waals surface area contributed by atoms with Crippen molar-refractivity contribution in [3.05, 3.63) is 56.0 Å². The quantitative estimate of drug-likeness (QED) is 0.297. The number of aromatic nitrogens is 2. The molecule has 0 radical (unpaired) electrons. The Hall–Kier alpha value is -1.04. The fourth-order valence-corrected chi connectivity index (χ4v) is 3.82. The summed E-state index contributed by atoms with van der Waals surface area (Å²) in [7, 11) is 0. The van der Waals surface area contributed by atoms with E-state index in [1.807, 2.05) is 53.0 Å². The van der Waals surface area contributed by atoms with Crippen LogP contribution < -0.4 is 0 Å². The zero-order chi connectivity index (χ0) is 29.3. The second-order valence-corrected chi connectivity index (χ2v) is 11.3. The van der Waals surface area contributed by atoms with E-state index in [-0.39, 0.29) is 16.2 Å². The zero-order valence-corrected chi connectivity index (χ0v) is 26.4. The highest BCUT2D eigenvalue weighted by molar-refractivity contribution is 7.08. The fourth-order valence-electron chi connectivity index (χ4n) is 1.70. The Kier molecular flexibility index (Phi) is 17.5. The van der Waals surface area contributed by atoms with Crippen molar-refractivity contribution in [2.24, 2.45) is 0 Å². The van der Waals surface area contributed by atoms with E-state index in [4.69, 9.17) is 4.11 Å². The Morgan fingerprint density at radius 1 is 0.667 bits per heavy atom. The molecule has 0 amide bonds. The van der Waals surface area contributed by atoms with Crippen LogP contribution in [0.1, 0.15) is 125 Å². The lowest BCUT2D eigenvalue weighted by atomic mass is 9.90. The molecule has 0 atom stereocenters. The van der Waals surface area contributed by atoms with Gasteiger partial charge in [-0.1, -0.05) is 104 Å². The van der Waals surface area contributed by atoms with E-state index in [0.29, 0.717) is 16.1 Å². The summed E-state index contributed by atoms with van der Waals surface area (Å²) in [4.78, 5) is 4.12. The maximum Gasteiger partial charge on any atom is 0.0794 e. The second-order valence-electron chi connectivity index (χ2n) is 9.33. The SMILES string of the molecule is CC.CC.CC.[2H]c1sccc1C(C)(C)C.[2H]c1scnc1C(C)(C)C.[2H]c1sncc1C(C)(C)C. The molecule has 3 aromatic rings. The number of rotatable bonds is 0. The molecule has 5 heteroatoms. The van der Waals surface area contributed by atoms with Gasteiger partial charge in [0.15, 0.2) is 0 Å². The molecule has 0 N–H and O–H groups in total. The second kappa shape index (κ2) is 19.3. The van der Waals surface area contributed by atoms with Gasteiger partial charge in [0.1, 0.15) is 0 Å². The van der Waals surface area contributed by atoms with Gasteiger partial charge in [-0.2, -0.15) is 11.3 Å². The summed E-state index contributed by atoms with van der Waals surface area (Å²) in [5.41, 5.74) is 5.05. The van der Waals surface area contributed by atoms with Gasteiger partial charge in [-0.05, 0) is 50.3 Å². The molecule has 33 heavy (non-hydrogen) atoms. The van der Waals surface area contributed by atoms with E-state index >= 15 is 0 Å². The lowest BCUT2D eigenvalue weighted by Gasteiger charge is -2.15. The van der Waals surface area contributed by atoms with Crippen molar-refractivity contribution >= 4 is 34.2 Å². The number of hydrogen-bond donors (Lipinski definition) is 0. The normalized spacial score (nSPS) is 11.5. The standard InChI is InChI=1S/C8H12S.2C7H11NS.3C2H6/c1-8(2,3)7-4-5-9-6-7;1-7(2,3)6-4-9-5-8-6;1-7(2,3)6-4-8-9-5-6;3*1-2/h4-6H,1-3H3;2*4-5H,1-3H3;3*1-2H3/i6D;4D;5D;;;. The molecule has 0 aliphatic heterocycles. The molecule has 0 aliphatic rings. The van der Waals surface area contributed by atoms with E-state index in [2.05, 4.69) is 71.7 Å². The number of thiophene rings is 1. The van der Waals surface area contributed by atoms with Gasteiger partial charge in [-0.25, -0.2) is 9.36 Å². The number of thiazole rings is 1. The van der Waals surface area contributed by atoms with Gasteiger partial charge in [0, 0.05) is 22.3 Å². The third-order valence-electron chi connectivity index (χ3n) is 3.58. The van der Waals surface area contributed by atoms with Crippen LogP contribution in [0.5, 0.6) is 0 Å². The smallest absolute Gasteiger partial charge is 0.0794 e. The summed E-state index contributed by atoms with van der Waals surface area (Å²) in [6, 6.07) is 2.03. The van der Waals surface area contributed by atoms with E-state index in [1.165, 1.54) is 34.2 Å². The molecule has 0 fully saturated rings. The Balaban J connectivity index is -0.000000410. The van der Waals surface area contributed by atoms with Gasteiger partial charge < -0.3 is 0 Å². The van der Waals surface area contributed by atoms with Crippen LogP contribution in [0, 0.1) is 0 Å². The number of nitrogens with zero attached hydrogens (tertiary/aromatic N) is 2.